The number of benzene rings is 1. The minimum atomic E-state index is -4.32. The molecular weight excluding hydrogens is 259 g/mol. The van der Waals surface area contributed by atoms with Gasteiger partial charge in [0.2, 0.25) is 0 Å². The lowest BCUT2D eigenvalue weighted by Gasteiger charge is -2.22. The van der Waals surface area contributed by atoms with E-state index in [1.807, 2.05) is 12.1 Å². The highest BCUT2D eigenvalue weighted by molar-refractivity contribution is 7.99. The van der Waals surface area contributed by atoms with Crippen molar-refractivity contribution in [3.63, 3.8) is 0 Å². The Bertz CT molecular complexity index is 468. The third-order valence-electron chi connectivity index (χ3n) is 3.03. The Morgan fingerprint density at radius 1 is 1.44 bits per heavy atom. The average Bonchev–Trinajstić information content (AvgIpc) is 2.74. The number of halogens is 3. The number of nitrogens with one attached hydrogen (secondary N) is 1. The van der Waals surface area contributed by atoms with Crippen molar-refractivity contribution >= 4 is 17.3 Å². The molecule has 0 aliphatic carbocycles. The number of fused-ring (bicyclic) bond motifs is 1. The Balaban J connectivity index is 2.28. The summed E-state index contributed by atoms with van der Waals surface area (Å²) in [5.41, 5.74) is 1.84. The second kappa shape index (κ2) is 4.97. The molecule has 1 heterocycles. The van der Waals surface area contributed by atoms with Gasteiger partial charge in [0, 0.05) is 10.6 Å². The van der Waals surface area contributed by atoms with Crippen LogP contribution in [0.25, 0.3) is 5.57 Å². The second-order valence-electron chi connectivity index (χ2n) is 4.21. The first kappa shape index (κ1) is 13.5. The van der Waals surface area contributed by atoms with E-state index in [1.54, 1.807) is 17.8 Å². The van der Waals surface area contributed by atoms with E-state index < -0.39 is 12.2 Å². The predicted octanol–water partition coefficient (Wildman–Crippen LogP) is 3.50. The van der Waals surface area contributed by atoms with Crippen molar-refractivity contribution in [2.75, 3.05) is 12.8 Å². The van der Waals surface area contributed by atoms with Crippen LogP contribution in [0.15, 0.2) is 29.7 Å². The predicted molar refractivity (Wildman–Crippen MR) is 68.8 cm³/mol. The number of aryl methyl sites for hydroxylation is 1. The van der Waals surface area contributed by atoms with E-state index in [2.05, 4.69) is 11.9 Å². The summed E-state index contributed by atoms with van der Waals surface area (Å²) >= 11 is 1.68. The first-order chi connectivity index (χ1) is 8.43. The maximum Gasteiger partial charge on any atom is 0.407 e. The molecule has 2 rings (SSSR count). The normalized spacial score (nSPS) is 16.4. The highest BCUT2D eigenvalue weighted by Gasteiger charge is 2.40. The first-order valence-corrected chi connectivity index (χ1v) is 6.61. The molecule has 1 aromatic rings. The number of thioether (sulfide) groups is 1. The zero-order valence-electron chi connectivity index (χ0n) is 9.97. The Hall–Kier alpha value is -0.940. The van der Waals surface area contributed by atoms with Gasteiger partial charge in [-0.25, -0.2) is 0 Å². The number of hydrogen-bond acceptors (Lipinski definition) is 2. The standard InChI is InChI=1S/C13H14F3NS/c1-8(12(17-2)13(14,15)16)10-4-3-9-5-6-18-11(9)7-10/h3-4,7,12,17H,1,5-6H2,2H3. The fourth-order valence-electron chi connectivity index (χ4n) is 2.07. The summed E-state index contributed by atoms with van der Waals surface area (Å²) in [5.74, 6) is 1.000. The summed E-state index contributed by atoms with van der Waals surface area (Å²) in [6.45, 7) is 3.60. The van der Waals surface area contributed by atoms with E-state index in [4.69, 9.17) is 0 Å². The van der Waals surface area contributed by atoms with Crippen molar-refractivity contribution in [3.8, 4) is 0 Å². The number of alkyl halides is 3. The molecule has 18 heavy (non-hydrogen) atoms. The Morgan fingerprint density at radius 2 is 2.17 bits per heavy atom. The van der Waals surface area contributed by atoms with Gasteiger partial charge in [0.25, 0.3) is 0 Å². The maximum absolute atomic E-state index is 12.8. The van der Waals surface area contributed by atoms with Gasteiger partial charge in [0.15, 0.2) is 0 Å². The molecule has 5 heteroatoms. The monoisotopic (exact) mass is 273 g/mol. The van der Waals surface area contributed by atoms with Gasteiger partial charge in [-0.15, -0.1) is 11.8 Å². The molecule has 0 bridgehead atoms. The van der Waals surface area contributed by atoms with Crippen LogP contribution in [0.4, 0.5) is 13.2 Å². The molecule has 1 aliphatic heterocycles. The summed E-state index contributed by atoms with van der Waals surface area (Å²) in [6, 6.07) is 3.75. The van der Waals surface area contributed by atoms with Crippen LogP contribution >= 0.6 is 11.8 Å². The van der Waals surface area contributed by atoms with Crippen molar-refractivity contribution in [1.82, 2.24) is 5.32 Å². The van der Waals surface area contributed by atoms with Crippen LogP contribution in [0.1, 0.15) is 11.1 Å². The summed E-state index contributed by atoms with van der Waals surface area (Å²) in [7, 11) is 1.30. The summed E-state index contributed by atoms with van der Waals surface area (Å²) in [4.78, 5) is 1.07. The number of rotatable bonds is 3. The van der Waals surface area contributed by atoms with Crippen LogP contribution in [-0.2, 0) is 6.42 Å². The van der Waals surface area contributed by atoms with E-state index in [0.717, 1.165) is 17.1 Å². The molecule has 1 atom stereocenters. The van der Waals surface area contributed by atoms with E-state index in [1.165, 1.54) is 12.6 Å². The van der Waals surface area contributed by atoms with Crippen LogP contribution in [0, 0.1) is 0 Å². The third-order valence-corrected chi connectivity index (χ3v) is 4.13. The highest BCUT2D eigenvalue weighted by atomic mass is 32.2. The molecule has 0 spiro atoms. The summed E-state index contributed by atoms with van der Waals surface area (Å²) < 4.78 is 38.4. The van der Waals surface area contributed by atoms with Gasteiger partial charge in [-0.3, -0.25) is 0 Å². The summed E-state index contributed by atoms with van der Waals surface area (Å²) in [6.07, 6.45) is -3.33. The zero-order chi connectivity index (χ0) is 13.3. The van der Waals surface area contributed by atoms with Crippen molar-refractivity contribution in [2.24, 2.45) is 0 Å². The molecule has 1 nitrogen and oxygen atoms in total. The lowest BCUT2D eigenvalue weighted by molar-refractivity contribution is -0.140. The maximum atomic E-state index is 12.8. The minimum absolute atomic E-state index is 0.0697. The van der Waals surface area contributed by atoms with E-state index in [-0.39, 0.29) is 5.57 Å². The van der Waals surface area contributed by atoms with E-state index in [9.17, 15) is 13.2 Å². The molecule has 0 fully saturated rings. The molecule has 0 saturated carbocycles. The van der Waals surface area contributed by atoms with Gasteiger partial charge in [0.05, 0.1) is 0 Å². The van der Waals surface area contributed by atoms with Crippen molar-refractivity contribution < 1.29 is 13.2 Å². The summed E-state index contributed by atoms with van der Waals surface area (Å²) in [5, 5.41) is 2.28. The average molecular weight is 273 g/mol. The molecule has 1 aliphatic rings. The zero-order valence-corrected chi connectivity index (χ0v) is 10.8. The van der Waals surface area contributed by atoms with Crippen LogP contribution in [-0.4, -0.2) is 25.0 Å². The van der Waals surface area contributed by atoms with Gasteiger partial charge < -0.3 is 5.32 Å². The Kier molecular flexibility index (Phi) is 3.73. The molecule has 0 amide bonds. The first-order valence-electron chi connectivity index (χ1n) is 5.62. The van der Waals surface area contributed by atoms with Crippen LogP contribution in [0.3, 0.4) is 0 Å². The molecule has 1 unspecified atom stereocenters. The van der Waals surface area contributed by atoms with Crippen molar-refractivity contribution in [2.45, 2.75) is 23.5 Å². The van der Waals surface area contributed by atoms with Crippen LogP contribution in [0.2, 0.25) is 0 Å². The number of hydrogen-bond donors (Lipinski definition) is 1. The largest absolute Gasteiger partial charge is 0.407 e. The second-order valence-corrected chi connectivity index (χ2v) is 5.35. The van der Waals surface area contributed by atoms with Gasteiger partial charge in [-0.05, 0) is 36.2 Å². The smallest absolute Gasteiger partial charge is 0.306 e. The minimum Gasteiger partial charge on any atom is -0.306 e. The molecular formula is C13H14F3NS. The topological polar surface area (TPSA) is 12.0 Å². The number of likely N-dealkylation sites (N-methyl/N-ethyl adjacent to an activating group) is 1. The molecule has 1 aromatic carbocycles. The molecule has 1 N–H and O–H groups in total. The van der Waals surface area contributed by atoms with E-state index in [0.29, 0.717) is 5.56 Å². The lowest BCUT2D eigenvalue weighted by Crippen LogP contribution is -2.40. The molecule has 0 aromatic heterocycles. The molecule has 0 saturated heterocycles. The van der Waals surface area contributed by atoms with E-state index >= 15 is 0 Å². The van der Waals surface area contributed by atoms with Gasteiger partial charge in [-0.2, -0.15) is 13.2 Å². The van der Waals surface area contributed by atoms with Gasteiger partial charge in [-0.1, -0.05) is 18.7 Å². The highest BCUT2D eigenvalue weighted by Crippen LogP contribution is 2.35. The fraction of sp³-hybridized carbons (Fsp3) is 0.385. The fourth-order valence-corrected chi connectivity index (χ4v) is 3.18. The molecule has 98 valence electrons. The lowest BCUT2D eigenvalue weighted by atomic mass is 9.98. The van der Waals surface area contributed by atoms with Gasteiger partial charge in [0.1, 0.15) is 6.04 Å². The molecule has 0 radical (unpaired) electrons. The van der Waals surface area contributed by atoms with Crippen LogP contribution in [0.5, 0.6) is 0 Å². The Morgan fingerprint density at radius 3 is 2.78 bits per heavy atom. The van der Waals surface area contributed by atoms with Crippen molar-refractivity contribution in [3.05, 3.63) is 35.9 Å². The van der Waals surface area contributed by atoms with Crippen molar-refractivity contribution in [1.29, 1.82) is 0 Å². The quantitative estimate of drug-likeness (QED) is 0.904. The Labute approximate surface area is 108 Å². The van der Waals surface area contributed by atoms with Crippen LogP contribution < -0.4 is 5.32 Å². The SMILES string of the molecule is C=C(c1ccc2c(c1)SCC2)C(NC)C(F)(F)F. The van der Waals surface area contributed by atoms with Gasteiger partial charge >= 0.3 is 6.18 Å². The third kappa shape index (κ3) is 2.57.